The Kier molecular flexibility index (Phi) is 6.23. The summed E-state index contributed by atoms with van der Waals surface area (Å²) in [6.07, 6.45) is 0.765. The van der Waals surface area contributed by atoms with Crippen LogP contribution < -0.4 is 16.0 Å². The molecule has 0 saturated carbocycles. The lowest BCUT2D eigenvalue weighted by Gasteiger charge is -2.25. The maximum Gasteiger partial charge on any atom is 0.228 e. The van der Waals surface area contributed by atoms with Crippen molar-refractivity contribution in [3.63, 3.8) is 0 Å². The molecule has 0 bridgehead atoms. The zero-order valence-corrected chi connectivity index (χ0v) is 15.1. The standard InChI is InChI=1S/C16H26BrN3O/c1-16(2,3)9-11(10-18)15(21)19-13-8-12(17)6-7-14(13)20(4)5/h6-8,11H,9-10,18H2,1-5H3,(H,19,21). The molecule has 0 saturated heterocycles. The predicted octanol–water partition coefficient (Wildman–Crippen LogP) is 3.46. The average molecular weight is 356 g/mol. The number of anilines is 2. The molecule has 0 aliphatic carbocycles. The second kappa shape index (κ2) is 7.27. The Morgan fingerprint density at radius 3 is 2.48 bits per heavy atom. The highest BCUT2D eigenvalue weighted by atomic mass is 79.9. The number of nitrogens with two attached hydrogens (primary N) is 1. The van der Waals surface area contributed by atoms with Crippen molar-refractivity contribution in [2.75, 3.05) is 30.9 Å². The Bertz CT molecular complexity index is 495. The van der Waals surface area contributed by atoms with Crippen molar-refractivity contribution in [3.8, 4) is 0 Å². The van der Waals surface area contributed by atoms with Crippen molar-refractivity contribution in [2.24, 2.45) is 17.1 Å². The number of hydrogen-bond donors (Lipinski definition) is 2. The molecule has 0 radical (unpaired) electrons. The van der Waals surface area contributed by atoms with Gasteiger partial charge < -0.3 is 16.0 Å². The number of amides is 1. The highest BCUT2D eigenvalue weighted by molar-refractivity contribution is 9.10. The quantitative estimate of drug-likeness (QED) is 0.849. The summed E-state index contributed by atoms with van der Waals surface area (Å²) in [6, 6.07) is 5.85. The summed E-state index contributed by atoms with van der Waals surface area (Å²) >= 11 is 3.44. The minimum Gasteiger partial charge on any atom is -0.376 e. The molecule has 0 aliphatic heterocycles. The van der Waals surface area contributed by atoms with Crippen LogP contribution in [0.4, 0.5) is 11.4 Å². The van der Waals surface area contributed by atoms with Gasteiger partial charge in [-0.15, -0.1) is 0 Å². The lowest BCUT2D eigenvalue weighted by molar-refractivity contribution is -0.120. The summed E-state index contributed by atoms with van der Waals surface area (Å²) in [5.74, 6) is -0.201. The van der Waals surface area contributed by atoms with E-state index in [0.29, 0.717) is 6.54 Å². The first-order chi connectivity index (χ1) is 9.64. The third-order valence-corrected chi connectivity index (χ3v) is 3.71. The Balaban J connectivity index is 2.93. The zero-order chi connectivity index (χ0) is 16.2. The van der Waals surface area contributed by atoms with Crippen LogP contribution in [-0.2, 0) is 4.79 Å². The largest absolute Gasteiger partial charge is 0.376 e. The molecule has 21 heavy (non-hydrogen) atoms. The van der Waals surface area contributed by atoms with E-state index in [1.165, 1.54) is 0 Å². The van der Waals surface area contributed by atoms with Crippen LogP contribution >= 0.6 is 15.9 Å². The smallest absolute Gasteiger partial charge is 0.228 e. The number of halogens is 1. The van der Waals surface area contributed by atoms with Gasteiger partial charge in [0.25, 0.3) is 0 Å². The van der Waals surface area contributed by atoms with Crippen molar-refractivity contribution in [3.05, 3.63) is 22.7 Å². The van der Waals surface area contributed by atoms with Gasteiger partial charge in [-0.1, -0.05) is 36.7 Å². The molecule has 1 atom stereocenters. The van der Waals surface area contributed by atoms with Crippen molar-refractivity contribution in [1.29, 1.82) is 0 Å². The van der Waals surface area contributed by atoms with Crippen LogP contribution in [-0.4, -0.2) is 26.5 Å². The molecule has 1 aromatic rings. The molecule has 0 aliphatic rings. The first-order valence-corrected chi connectivity index (χ1v) is 7.91. The van der Waals surface area contributed by atoms with Crippen molar-refractivity contribution in [1.82, 2.24) is 0 Å². The molecular weight excluding hydrogens is 330 g/mol. The van der Waals surface area contributed by atoms with Crippen LogP contribution in [0.2, 0.25) is 0 Å². The van der Waals surface area contributed by atoms with Gasteiger partial charge >= 0.3 is 0 Å². The van der Waals surface area contributed by atoms with E-state index in [-0.39, 0.29) is 17.2 Å². The highest BCUT2D eigenvalue weighted by Crippen LogP contribution is 2.30. The van der Waals surface area contributed by atoms with E-state index in [0.717, 1.165) is 22.3 Å². The lowest BCUT2D eigenvalue weighted by atomic mass is 9.84. The monoisotopic (exact) mass is 355 g/mol. The minimum absolute atomic E-state index is 0.0198. The lowest BCUT2D eigenvalue weighted by Crippen LogP contribution is -2.32. The number of nitrogens with one attached hydrogen (secondary N) is 1. The Labute approximate surface area is 136 Å². The minimum atomic E-state index is -0.181. The second-order valence-electron chi connectivity index (χ2n) is 6.74. The van der Waals surface area contributed by atoms with Gasteiger partial charge in [0.05, 0.1) is 17.3 Å². The summed E-state index contributed by atoms with van der Waals surface area (Å²) in [5, 5.41) is 3.02. The third-order valence-electron chi connectivity index (χ3n) is 3.21. The summed E-state index contributed by atoms with van der Waals surface area (Å²) < 4.78 is 0.934. The van der Waals surface area contributed by atoms with E-state index >= 15 is 0 Å². The molecule has 1 rings (SSSR count). The first kappa shape index (κ1) is 18.0. The Morgan fingerprint density at radius 1 is 1.38 bits per heavy atom. The van der Waals surface area contributed by atoms with Crippen LogP contribution in [0.5, 0.6) is 0 Å². The van der Waals surface area contributed by atoms with E-state index < -0.39 is 0 Å². The molecule has 0 spiro atoms. The molecular formula is C16H26BrN3O. The number of benzene rings is 1. The molecule has 3 N–H and O–H groups in total. The van der Waals surface area contributed by atoms with Gasteiger partial charge in [-0.2, -0.15) is 0 Å². The average Bonchev–Trinajstić information content (AvgIpc) is 2.34. The van der Waals surface area contributed by atoms with Crippen molar-refractivity contribution < 1.29 is 4.79 Å². The van der Waals surface area contributed by atoms with Gasteiger partial charge in [0.2, 0.25) is 5.91 Å². The van der Waals surface area contributed by atoms with Gasteiger partial charge in [0.15, 0.2) is 0 Å². The van der Waals surface area contributed by atoms with Gasteiger partial charge in [-0.25, -0.2) is 0 Å². The van der Waals surface area contributed by atoms with Gasteiger partial charge in [-0.3, -0.25) is 4.79 Å². The number of hydrogen-bond acceptors (Lipinski definition) is 3. The van der Waals surface area contributed by atoms with Crippen molar-refractivity contribution >= 4 is 33.2 Å². The molecule has 1 unspecified atom stereocenters. The van der Waals surface area contributed by atoms with E-state index in [9.17, 15) is 4.79 Å². The molecule has 1 aromatic carbocycles. The Morgan fingerprint density at radius 2 is 2.00 bits per heavy atom. The van der Waals surface area contributed by atoms with E-state index in [1.807, 2.05) is 37.2 Å². The maximum absolute atomic E-state index is 12.5. The maximum atomic E-state index is 12.5. The normalized spacial score (nSPS) is 12.9. The van der Waals surface area contributed by atoms with Crippen LogP contribution in [0.15, 0.2) is 22.7 Å². The Hall–Kier alpha value is -1.07. The fourth-order valence-electron chi connectivity index (χ4n) is 2.26. The van der Waals surface area contributed by atoms with Crippen LogP contribution in [0, 0.1) is 11.3 Å². The molecule has 0 fully saturated rings. The predicted molar refractivity (Wildman–Crippen MR) is 93.7 cm³/mol. The second-order valence-corrected chi connectivity index (χ2v) is 7.66. The topological polar surface area (TPSA) is 58.4 Å². The van der Waals surface area contributed by atoms with E-state index in [1.54, 1.807) is 0 Å². The summed E-state index contributed by atoms with van der Waals surface area (Å²) in [7, 11) is 3.91. The van der Waals surface area contributed by atoms with Crippen LogP contribution in [0.25, 0.3) is 0 Å². The van der Waals surface area contributed by atoms with E-state index in [2.05, 4.69) is 42.0 Å². The van der Waals surface area contributed by atoms with Gasteiger partial charge in [-0.05, 0) is 30.0 Å². The molecule has 4 nitrogen and oxygen atoms in total. The summed E-state index contributed by atoms with van der Waals surface area (Å²) in [6.45, 7) is 6.71. The zero-order valence-electron chi connectivity index (χ0n) is 13.5. The molecule has 0 aromatic heterocycles. The molecule has 1 amide bonds. The molecule has 5 heteroatoms. The van der Waals surface area contributed by atoms with Crippen molar-refractivity contribution in [2.45, 2.75) is 27.2 Å². The van der Waals surface area contributed by atoms with Crippen LogP contribution in [0.3, 0.4) is 0 Å². The summed E-state index contributed by atoms with van der Waals surface area (Å²) in [4.78, 5) is 14.5. The fraction of sp³-hybridized carbons (Fsp3) is 0.562. The fourth-order valence-corrected chi connectivity index (χ4v) is 2.62. The molecule has 0 heterocycles. The highest BCUT2D eigenvalue weighted by Gasteiger charge is 2.24. The SMILES string of the molecule is CN(C)c1ccc(Br)cc1NC(=O)C(CN)CC(C)(C)C. The van der Waals surface area contributed by atoms with Gasteiger partial charge in [0.1, 0.15) is 0 Å². The number of nitrogens with zero attached hydrogens (tertiary/aromatic N) is 1. The molecule has 118 valence electrons. The van der Waals surface area contributed by atoms with Crippen LogP contribution in [0.1, 0.15) is 27.2 Å². The number of carbonyl (C=O) groups is 1. The first-order valence-electron chi connectivity index (χ1n) is 7.12. The summed E-state index contributed by atoms with van der Waals surface area (Å²) in [5.41, 5.74) is 7.62. The number of rotatable bonds is 5. The number of carbonyl (C=O) groups excluding carboxylic acids is 1. The van der Waals surface area contributed by atoms with Gasteiger partial charge in [0, 0.05) is 25.1 Å². The third kappa shape index (κ3) is 5.67. The van der Waals surface area contributed by atoms with E-state index in [4.69, 9.17) is 5.73 Å².